The van der Waals surface area contributed by atoms with E-state index in [0.29, 0.717) is 11.6 Å². The van der Waals surface area contributed by atoms with Crippen molar-refractivity contribution in [2.75, 3.05) is 0 Å². The van der Waals surface area contributed by atoms with Crippen LogP contribution in [0.25, 0.3) is 0 Å². The number of aryl methyl sites for hydroxylation is 1. The number of thiophene rings is 1. The number of amides is 1. The molecule has 0 unspecified atom stereocenters. The second-order valence-electron chi connectivity index (χ2n) is 5.56. The van der Waals surface area contributed by atoms with Crippen LogP contribution >= 0.6 is 11.3 Å². The van der Waals surface area contributed by atoms with Crippen molar-refractivity contribution in [3.8, 4) is 0 Å². The van der Waals surface area contributed by atoms with E-state index < -0.39 is 0 Å². The number of carbonyl (C=O) groups is 1. The van der Waals surface area contributed by atoms with Gasteiger partial charge < -0.3 is 5.32 Å². The molecule has 2 heterocycles. The molecule has 0 aliphatic carbocycles. The summed E-state index contributed by atoms with van der Waals surface area (Å²) in [5, 5.41) is 9.59. The average molecular weight is 305 g/mol. The summed E-state index contributed by atoms with van der Waals surface area (Å²) in [6.45, 7) is 6.29. The lowest BCUT2D eigenvalue weighted by atomic mass is 10.1. The summed E-state index contributed by atoms with van der Waals surface area (Å²) in [6, 6.07) is 6.07. The third-order valence-corrected chi connectivity index (χ3v) is 4.48. The topological polar surface area (TPSA) is 46.9 Å². The van der Waals surface area contributed by atoms with Gasteiger partial charge in [0, 0.05) is 11.9 Å². The van der Waals surface area contributed by atoms with E-state index in [-0.39, 0.29) is 11.9 Å². The quantitative estimate of drug-likeness (QED) is 0.880. The molecular weight excluding hydrogens is 282 g/mol. The molecule has 0 aromatic carbocycles. The maximum Gasteiger partial charge on any atom is 0.270 e. The zero-order valence-electron chi connectivity index (χ0n) is 13.1. The van der Waals surface area contributed by atoms with Gasteiger partial charge >= 0.3 is 0 Å². The number of nitrogens with one attached hydrogen (secondary N) is 1. The van der Waals surface area contributed by atoms with Gasteiger partial charge in [-0.15, -0.1) is 11.3 Å². The maximum atomic E-state index is 12.5. The van der Waals surface area contributed by atoms with Crippen molar-refractivity contribution in [1.82, 2.24) is 15.1 Å². The molecule has 0 saturated heterocycles. The monoisotopic (exact) mass is 305 g/mol. The van der Waals surface area contributed by atoms with Crippen LogP contribution in [0.2, 0.25) is 0 Å². The Balaban J connectivity index is 2.15. The number of hydrogen-bond donors (Lipinski definition) is 1. The Labute approximate surface area is 130 Å². The highest BCUT2D eigenvalue weighted by Gasteiger charge is 2.19. The third kappa shape index (κ3) is 3.73. The fourth-order valence-corrected chi connectivity index (χ4v) is 3.09. The lowest BCUT2D eigenvalue weighted by Crippen LogP contribution is -2.29. The first kappa shape index (κ1) is 15.8. The second-order valence-corrected chi connectivity index (χ2v) is 6.54. The van der Waals surface area contributed by atoms with Crippen molar-refractivity contribution in [3.63, 3.8) is 0 Å². The molecule has 0 fully saturated rings. The van der Waals surface area contributed by atoms with Gasteiger partial charge in [0.05, 0.1) is 11.7 Å². The van der Waals surface area contributed by atoms with Crippen molar-refractivity contribution < 1.29 is 4.79 Å². The zero-order valence-corrected chi connectivity index (χ0v) is 13.9. The molecule has 0 spiro atoms. The Morgan fingerprint density at radius 3 is 2.76 bits per heavy atom. The Hall–Kier alpha value is -1.62. The summed E-state index contributed by atoms with van der Waals surface area (Å²) < 4.78 is 1.67. The van der Waals surface area contributed by atoms with E-state index in [1.165, 1.54) is 4.88 Å². The molecule has 1 atom stereocenters. The highest BCUT2D eigenvalue weighted by Crippen LogP contribution is 2.24. The van der Waals surface area contributed by atoms with Gasteiger partial charge in [-0.2, -0.15) is 5.10 Å². The van der Waals surface area contributed by atoms with Crippen LogP contribution in [0.4, 0.5) is 0 Å². The van der Waals surface area contributed by atoms with Crippen molar-refractivity contribution in [2.24, 2.45) is 7.05 Å². The van der Waals surface area contributed by atoms with Crippen molar-refractivity contribution >= 4 is 17.2 Å². The van der Waals surface area contributed by atoms with Crippen molar-refractivity contribution in [2.45, 2.75) is 45.6 Å². The molecule has 0 aliphatic heterocycles. The minimum absolute atomic E-state index is 0.0521. The van der Waals surface area contributed by atoms with Crippen LogP contribution in [0.5, 0.6) is 0 Å². The van der Waals surface area contributed by atoms with Crippen LogP contribution in [0.15, 0.2) is 23.6 Å². The van der Waals surface area contributed by atoms with E-state index in [1.54, 1.807) is 16.0 Å². The van der Waals surface area contributed by atoms with Gasteiger partial charge in [0.1, 0.15) is 5.69 Å². The Bertz CT molecular complexity index is 587. The predicted octanol–water partition coefficient (Wildman–Crippen LogP) is 3.88. The van der Waals surface area contributed by atoms with Gasteiger partial charge in [-0.25, -0.2) is 0 Å². The number of carbonyl (C=O) groups excluding carboxylic acids is 1. The first-order valence-corrected chi connectivity index (χ1v) is 8.29. The van der Waals surface area contributed by atoms with Crippen LogP contribution in [0.1, 0.15) is 66.6 Å². The Morgan fingerprint density at radius 2 is 2.24 bits per heavy atom. The summed E-state index contributed by atoms with van der Waals surface area (Å²) in [5.74, 6) is 0.269. The first-order valence-electron chi connectivity index (χ1n) is 7.41. The molecule has 2 rings (SSSR count). The molecule has 4 nitrogen and oxygen atoms in total. The highest BCUT2D eigenvalue weighted by molar-refractivity contribution is 7.10. The van der Waals surface area contributed by atoms with Gasteiger partial charge in [0.2, 0.25) is 0 Å². The first-order chi connectivity index (χ1) is 10.0. The molecule has 5 heteroatoms. The van der Waals surface area contributed by atoms with Crippen LogP contribution in [-0.4, -0.2) is 15.7 Å². The lowest BCUT2D eigenvalue weighted by Gasteiger charge is -2.16. The number of aromatic nitrogens is 2. The standard InChI is InChI=1S/C16H23N3OS/c1-5-7-12(15-8-6-9-21-15)17-16(20)14-10-13(11(2)3)18-19(14)4/h6,8-12H,5,7H2,1-4H3,(H,17,20)/t12-/m1/s1. The van der Waals surface area contributed by atoms with Gasteiger partial charge in [0.25, 0.3) is 5.91 Å². The van der Waals surface area contributed by atoms with Crippen LogP contribution in [0.3, 0.4) is 0 Å². The van der Waals surface area contributed by atoms with E-state index >= 15 is 0 Å². The minimum Gasteiger partial charge on any atom is -0.343 e. The second kappa shape index (κ2) is 6.89. The summed E-state index contributed by atoms with van der Waals surface area (Å²) in [7, 11) is 1.82. The smallest absolute Gasteiger partial charge is 0.270 e. The van der Waals surface area contributed by atoms with Crippen LogP contribution in [0, 0.1) is 0 Å². The molecule has 0 bridgehead atoms. The fraction of sp³-hybridized carbons (Fsp3) is 0.500. The van der Waals surface area contributed by atoms with Crippen molar-refractivity contribution in [3.05, 3.63) is 39.8 Å². The zero-order chi connectivity index (χ0) is 15.4. The van der Waals surface area contributed by atoms with E-state index in [2.05, 4.69) is 37.3 Å². The highest BCUT2D eigenvalue weighted by atomic mass is 32.1. The van der Waals surface area contributed by atoms with Gasteiger partial charge in [-0.05, 0) is 29.9 Å². The van der Waals surface area contributed by atoms with Gasteiger partial charge in [-0.1, -0.05) is 33.3 Å². The van der Waals surface area contributed by atoms with E-state index in [1.807, 2.05) is 24.6 Å². The largest absolute Gasteiger partial charge is 0.343 e. The molecule has 0 saturated carbocycles. The average Bonchev–Trinajstić information content (AvgIpc) is 3.07. The molecule has 0 radical (unpaired) electrons. The molecule has 2 aromatic rings. The van der Waals surface area contributed by atoms with Gasteiger partial charge in [0.15, 0.2) is 0 Å². The van der Waals surface area contributed by atoms with Crippen molar-refractivity contribution in [1.29, 1.82) is 0 Å². The molecule has 0 aliphatic rings. The molecule has 21 heavy (non-hydrogen) atoms. The molecule has 1 amide bonds. The Morgan fingerprint density at radius 1 is 1.48 bits per heavy atom. The van der Waals surface area contributed by atoms with Gasteiger partial charge in [-0.3, -0.25) is 9.48 Å². The summed E-state index contributed by atoms with van der Waals surface area (Å²) in [6.07, 6.45) is 1.98. The number of rotatable bonds is 6. The fourth-order valence-electron chi connectivity index (χ4n) is 2.28. The van der Waals surface area contributed by atoms with E-state index in [0.717, 1.165) is 18.5 Å². The summed E-state index contributed by atoms with van der Waals surface area (Å²) >= 11 is 1.69. The predicted molar refractivity (Wildman–Crippen MR) is 86.7 cm³/mol. The number of nitrogens with zero attached hydrogens (tertiary/aromatic N) is 2. The summed E-state index contributed by atoms with van der Waals surface area (Å²) in [5.41, 5.74) is 1.57. The maximum absolute atomic E-state index is 12.5. The molecule has 2 aromatic heterocycles. The van der Waals surface area contributed by atoms with E-state index in [9.17, 15) is 4.79 Å². The summed E-state index contributed by atoms with van der Waals surface area (Å²) in [4.78, 5) is 13.7. The molecular formula is C16H23N3OS. The van der Waals surface area contributed by atoms with E-state index in [4.69, 9.17) is 0 Å². The minimum atomic E-state index is -0.0521. The SMILES string of the molecule is CCC[C@@H](NC(=O)c1cc(C(C)C)nn1C)c1cccs1. The Kier molecular flexibility index (Phi) is 5.17. The van der Waals surface area contributed by atoms with Crippen LogP contribution in [-0.2, 0) is 7.05 Å². The third-order valence-electron chi connectivity index (χ3n) is 3.49. The van der Waals surface area contributed by atoms with Crippen LogP contribution < -0.4 is 5.32 Å². The number of hydrogen-bond acceptors (Lipinski definition) is 3. The molecule has 1 N–H and O–H groups in total. The molecule has 114 valence electrons. The lowest BCUT2D eigenvalue weighted by molar-refractivity contribution is 0.0925. The normalized spacial score (nSPS) is 12.6.